The van der Waals surface area contributed by atoms with Crippen molar-refractivity contribution in [3.8, 4) is 0 Å². The second kappa shape index (κ2) is 32.4. The van der Waals surface area contributed by atoms with Crippen LogP contribution in [0.2, 0.25) is 0 Å². The van der Waals surface area contributed by atoms with Crippen molar-refractivity contribution in [1.82, 2.24) is 4.90 Å². The Hall–Kier alpha value is -1.16. The third-order valence-electron chi connectivity index (χ3n) is 9.33. The van der Waals surface area contributed by atoms with E-state index >= 15 is 0 Å². The molecular formula is C43H79NO2. The van der Waals surface area contributed by atoms with Crippen LogP contribution in [0.5, 0.6) is 0 Å². The largest absolute Gasteiger partial charge is 0.347 e. The van der Waals surface area contributed by atoms with E-state index in [9.17, 15) is 0 Å². The summed E-state index contributed by atoms with van der Waals surface area (Å²) >= 11 is 0. The van der Waals surface area contributed by atoms with Crippen molar-refractivity contribution in [3.63, 3.8) is 0 Å². The number of ether oxygens (including phenoxy) is 2. The average Bonchev–Trinajstić information content (AvgIpc) is 3.46. The first kappa shape index (κ1) is 42.9. The van der Waals surface area contributed by atoms with Gasteiger partial charge in [0.05, 0.1) is 12.7 Å². The Kier molecular flexibility index (Phi) is 30.2. The van der Waals surface area contributed by atoms with Gasteiger partial charge < -0.3 is 14.4 Å². The fraction of sp³-hybridized carbons (Fsp3) is 0.814. The molecule has 2 atom stereocenters. The first-order chi connectivity index (χ1) is 22.6. The van der Waals surface area contributed by atoms with E-state index in [1.807, 2.05) is 0 Å². The second-order valence-electron chi connectivity index (χ2n) is 14.2. The maximum atomic E-state index is 6.68. The molecule has 0 bridgehead atoms. The zero-order valence-electron chi connectivity index (χ0n) is 31.5. The number of rotatable bonds is 33. The minimum atomic E-state index is -0.316. The predicted octanol–water partition coefficient (Wildman–Crippen LogP) is 13.5. The molecule has 0 saturated carbocycles. The fourth-order valence-corrected chi connectivity index (χ4v) is 6.30. The molecule has 1 rings (SSSR count). The molecule has 0 aromatic heterocycles. The molecule has 0 aromatic carbocycles. The molecule has 3 nitrogen and oxygen atoms in total. The Balaban J connectivity index is 2.16. The molecule has 1 fully saturated rings. The van der Waals surface area contributed by atoms with E-state index in [0.717, 1.165) is 45.3 Å². The van der Waals surface area contributed by atoms with Crippen molar-refractivity contribution >= 4 is 0 Å². The quantitative estimate of drug-likeness (QED) is 0.0526. The molecule has 1 saturated heterocycles. The summed E-state index contributed by atoms with van der Waals surface area (Å²) in [6.07, 6.45) is 53.3. The Morgan fingerprint density at radius 2 is 0.935 bits per heavy atom. The van der Waals surface area contributed by atoms with Gasteiger partial charge in [-0.1, -0.05) is 146 Å². The molecule has 0 amide bonds. The van der Waals surface area contributed by atoms with Crippen LogP contribution in [0.25, 0.3) is 0 Å². The van der Waals surface area contributed by atoms with Crippen molar-refractivity contribution in [3.05, 3.63) is 48.6 Å². The highest BCUT2D eigenvalue weighted by Gasteiger charge is 2.40. The van der Waals surface area contributed by atoms with Gasteiger partial charge >= 0.3 is 0 Å². The zero-order valence-corrected chi connectivity index (χ0v) is 31.5. The normalized spacial score (nSPS) is 19.0. The molecule has 46 heavy (non-hydrogen) atoms. The van der Waals surface area contributed by atoms with E-state index < -0.39 is 0 Å². The lowest BCUT2D eigenvalue weighted by Crippen LogP contribution is -2.31. The van der Waals surface area contributed by atoms with Crippen LogP contribution in [0.3, 0.4) is 0 Å². The van der Waals surface area contributed by atoms with Gasteiger partial charge in [-0.2, -0.15) is 0 Å². The molecule has 3 heteroatoms. The molecule has 1 heterocycles. The lowest BCUT2D eigenvalue weighted by Gasteiger charge is -2.29. The van der Waals surface area contributed by atoms with Crippen molar-refractivity contribution < 1.29 is 9.47 Å². The first-order valence-corrected chi connectivity index (χ1v) is 20.2. The maximum Gasteiger partial charge on any atom is 0.168 e. The summed E-state index contributed by atoms with van der Waals surface area (Å²) in [7, 11) is 4.30. The molecule has 0 aromatic rings. The number of unbranched alkanes of at least 4 members (excludes halogenated alkanes) is 18. The van der Waals surface area contributed by atoms with Gasteiger partial charge in [0.25, 0.3) is 0 Å². The smallest absolute Gasteiger partial charge is 0.168 e. The molecular weight excluding hydrogens is 562 g/mol. The standard InChI is InChI=1S/C43H79NO2/c1-5-7-9-11-13-15-17-19-21-23-25-27-29-31-33-35-38-43(45-41-42(46-43)37-40-44(3)4)39-36-34-32-30-28-26-24-22-20-18-16-14-12-10-8-6-2/h11,13-14,16-17,19-20,22,42H,5-10,12,15,18,21,23-41H2,1-4H3/b13-11-,16-14-,19-17-,22-20-. The average molecular weight is 642 g/mol. The molecule has 0 aliphatic carbocycles. The highest BCUT2D eigenvalue weighted by molar-refractivity contribution is 4.93. The Labute approximate surface area is 288 Å². The molecule has 2 unspecified atom stereocenters. The highest BCUT2D eigenvalue weighted by Crippen LogP contribution is 2.35. The zero-order chi connectivity index (χ0) is 33.2. The number of hydrogen-bond acceptors (Lipinski definition) is 3. The maximum absolute atomic E-state index is 6.68. The third-order valence-corrected chi connectivity index (χ3v) is 9.33. The molecule has 0 N–H and O–H groups in total. The highest BCUT2D eigenvalue weighted by atomic mass is 16.7. The van der Waals surface area contributed by atoms with Gasteiger partial charge in [0.2, 0.25) is 0 Å². The van der Waals surface area contributed by atoms with Gasteiger partial charge in [-0.25, -0.2) is 0 Å². The van der Waals surface area contributed by atoms with Crippen LogP contribution < -0.4 is 0 Å². The van der Waals surface area contributed by atoms with Crippen molar-refractivity contribution in [1.29, 1.82) is 0 Å². The minimum Gasteiger partial charge on any atom is -0.347 e. The molecule has 1 aliphatic heterocycles. The molecule has 0 spiro atoms. The summed E-state index contributed by atoms with van der Waals surface area (Å²) in [5, 5.41) is 0. The Morgan fingerprint density at radius 3 is 1.39 bits per heavy atom. The first-order valence-electron chi connectivity index (χ1n) is 20.2. The van der Waals surface area contributed by atoms with Crippen LogP contribution >= 0.6 is 0 Å². The number of nitrogens with zero attached hydrogens (tertiary/aromatic N) is 1. The Bertz CT molecular complexity index is 754. The van der Waals surface area contributed by atoms with E-state index in [4.69, 9.17) is 9.47 Å². The van der Waals surface area contributed by atoms with Gasteiger partial charge in [-0.05, 0) is 91.1 Å². The van der Waals surface area contributed by atoms with Crippen LogP contribution in [0.4, 0.5) is 0 Å². The van der Waals surface area contributed by atoms with Crippen LogP contribution in [-0.2, 0) is 9.47 Å². The van der Waals surface area contributed by atoms with Gasteiger partial charge in [-0.15, -0.1) is 0 Å². The van der Waals surface area contributed by atoms with Crippen molar-refractivity contribution in [2.45, 2.75) is 199 Å². The SMILES string of the molecule is CCCC/C=C\C/C=C\CCCCCCCCCC1(CCCCCCCC/C=C\C/C=C\CCCCC)OCC(CCN(C)C)O1. The van der Waals surface area contributed by atoms with Crippen LogP contribution in [0.1, 0.15) is 187 Å². The monoisotopic (exact) mass is 642 g/mol. The Morgan fingerprint density at radius 1 is 0.522 bits per heavy atom. The summed E-state index contributed by atoms with van der Waals surface area (Å²) < 4.78 is 13.1. The van der Waals surface area contributed by atoms with Crippen molar-refractivity contribution in [2.24, 2.45) is 0 Å². The number of allylic oxidation sites excluding steroid dienone is 8. The summed E-state index contributed by atoms with van der Waals surface area (Å²) in [6, 6.07) is 0. The van der Waals surface area contributed by atoms with Crippen LogP contribution in [-0.4, -0.2) is 44.0 Å². The summed E-state index contributed by atoms with van der Waals surface area (Å²) in [4.78, 5) is 2.26. The molecule has 268 valence electrons. The van der Waals surface area contributed by atoms with Crippen LogP contribution in [0, 0.1) is 0 Å². The topological polar surface area (TPSA) is 21.7 Å². The van der Waals surface area contributed by atoms with E-state index in [0.29, 0.717) is 0 Å². The molecule has 1 aliphatic rings. The second-order valence-corrected chi connectivity index (χ2v) is 14.2. The summed E-state index contributed by atoms with van der Waals surface area (Å²) in [6.45, 7) is 6.37. The van der Waals surface area contributed by atoms with E-state index in [1.165, 1.54) is 141 Å². The van der Waals surface area contributed by atoms with Gasteiger partial charge in [0.15, 0.2) is 5.79 Å². The lowest BCUT2D eigenvalue weighted by atomic mass is 9.98. The number of hydrogen-bond donors (Lipinski definition) is 0. The van der Waals surface area contributed by atoms with Gasteiger partial charge in [0.1, 0.15) is 0 Å². The lowest BCUT2D eigenvalue weighted by molar-refractivity contribution is -0.180. The van der Waals surface area contributed by atoms with Crippen LogP contribution in [0.15, 0.2) is 48.6 Å². The fourth-order valence-electron chi connectivity index (χ4n) is 6.30. The van der Waals surface area contributed by atoms with E-state index in [2.05, 4.69) is 81.5 Å². The third kappa shape index (κ3) is 26.9. The summed E-state index contributed by atoms with van der Waals surface area (Å²) in [5.74, 6) is -0.316. The van der Waals surface area contributed by atoms with Gasteiger partial charge in [-0.3, -0.25) is 0 Å². The van der Waals surface area contributed by atoms with Crippen molar-refractivity contribution in [2.75, 3.05) is 27.2 Å². The predicted molar refractivity (Wildman–Crippen MR) is 205 cm³/mol. The van der Waals surface area contributed by atoms with Gasteiger partial charge in [0, 0.05) is 19.4 Å². The van der Waals surface area contributed by atoms with E-state index in [-0.39, 0.29) is 11.9 Å². The molecule has 0 radical (unpaired) electrons. The van der Waals surface area contributed by atoms with E-state index in [1.54, 1.807) is 0 Å². The summed E-state index contributed by atoms with van der Waals surface area (Å²) in [5.41, 5.74) is 0. The minimum absolute atomic E-state index is 0.262.